The van der Waals surface area contributed by atoms with E-state index in [-0.39, 0.29) is 24.5 Å². The molecular formula is C21H26N4O3. The standard InChI is InChI=1S/C21H26N4O3/c1-14-5-4-6-17(11-14)28-13-19(26)23-12-15(2)25(3)21(27)18-9-10-22-20(24-18)16-7-8-16/h4-6,9-11,15-16H,7-8,12-13H2,1-3H3,(H,23,26). The topological polar surface area (TPSA) is 84.4 Å². The molecule has 1 saturated carbocycles. The summed E-state index contributed by atoms with van der Waals surface area (Å²) in [5.74, 6) is 1.39. The first kappa shape index (κ1) is 19.8. The number of hydrogen-bond acceptors (Lipinski definition) is 5. The molecule has 2 aromatic rings. The minimum absolute atomic E-state index is 0.0650. The quantitative estimate of drug-likeness (QED) is 0.757. The van der Waals surface area contributed by atoms with Gasteiger partial charge in [-0.1, -0.05) is 12.1 Å². The van der Waals surface area contributed by atoms with Crippen molar-refractivity contribution in [2.45, 2.75) is 38.6 Å². The molecule has 1 aliphatic carbocycles. The molecule has 148 valence electrons. The van der Waals surface area contributed by atoms with Gasteiger partial charge in [-0.25, -0.2) is 9.97 Å². The van der Waals surface area contributed by atoms with Gasteiger partial charge in [0.05, 0.1) is 0 Å². The highest BCUT2D eigenvalue weighted by molar-refractivity contribution is 5.92. The van der Waals surface area contributed by atoms with E-state index >= 15 is 0 Å². The van der Waals surface area contributed by atoms with Gasteiger partial charge in [0.1, 0.15) is 17.3 Å². The van der Waals surface area contributed by atoms with Crippen molar-refractivity contribution in [3.05, 3.63) is 53.6 Å². The van der Waals surface area contributed by atoms with Crippen molar-refractivity contribution in [2.24, 2.45) is 0 Å². The summed E-state index contributed by atoms with van der Waals surface area (Å²) in [7, 11) is 1.71. The Morgan fingerprint density at radius 1 is 1.32 bits per heavy atom. The number of carbonyl (C=O) groups excluding carboxylic acids is 2. The van der Waals surface area contributed by atoms with Crippen LogP contribution in [0, 0.1) is 6.92 Å². The Bertz CT molecular complexity index is 851. The van der Waals surface area contributed by atoms with Crippen molar-refractivity contribution in [1.82, 2.24) is 20.2 Å². The number of amides is 2. The lowest BCUT2D eigenvalue weighted by molar-refractivity contribution is -0.123. The van der Waals surface area contributed by atoms with Gasteiger partial charge in [0, 0.05) is 31.7 Å². The molecule has 7 heteroatoms. The fourth-order valence-corrected chi connectivity index (χ4v) is 2.72. The van der Waals surface area contributed by atoms with Crippen molar-refractivity contribution in [3.8, 4) is 5.75 Å². The largest absolute Gasteiger partial charge is 0.484 e. The zero-order valence-corrected chi connectivity index (χ0v) is 16.5. The molecule has 1 aliphatic rings. The van der Waals surface area contributed by atoms with E-state index < -0.39 is 0 Å². The van der Waals surface area contributed by atoms with Crippen LogP contribution in [0.15, 0.2) is 36.5 Å². The predicted molar refractivity (Wildman–Crippen MR) is 105 cm³/mol. The van der Waals surface area contributed by atoms with Gasteiger partial charge in [-0.2, -0.15) is 0 Å². The Morgan fingerprint density at radius 2 is 2.11 bits per heavy atom. The highest BCUT2D eigenvalue weighted by Crippen LogP contribution is 2.37. The number of ether oxygens (including phenoxy) is 1. The Kier molecular flexibility index (Phi) is 6.23. The Balaban J connectivity index is 1.46. The number of aryl methyl sites for hydroxylation is 1. The summed E-state index contributed by atoms with van der Waals surface area (Å²) in [5, 5.41) is 2.80. The number of rotatable bonds is 8. The molecule has 1 N–H and O–H groups in total. The molecule has 1 atom stereocenters. The Morgan fingerprint density at radius 3 is 2.82 bits per heavy atom. The molecule has 0 spiro atoms. The zero-order valence-electron chi connectivity index (χ0n) is 16.5. The second-order valence-corrected chi connectivity index (χ2v) is 7.25. The summed E-state index contributed by atoms with van der Waals surface area (Å²) in [6.07, 6.45) is 3.80. The second kappa shape index (κ2) is 8.82. The maximum atomic E-state index is 12.7. The monoisotopic (exact) mass is 382 g/mol. The van der Waals surface area contributed by atoms with E-state index in [9.17, 15) is 9.59 Å². The van der Waals surface area contributed by atoms with Crippen molar-refractivity contribution >= 4 is 11.8 Å². The number of nitrogens with zero attached hydrogens (tertiary/aromatic N) is 3. The Hall–Kier alpha value is -2.96. The van der Waals surface area contributed by atoms with Crippen LogP contribution in [-0.4, -0.2) is 52.9 Å². The fourth-order valence-electron chi connectivity index (χ4n) is 2.72. The number of aromatic nitrogens is 2. The molecule has 2 amide bonds. The van der Waals surface area contributed by atoms with Crippen molar-refractivity contribution < 1.29 is 14.3 Å². The van der Waals surface area contributed by atoms with Crippen LogP contribution in [0.25, 0.3) is 0 Å². The summed E-state index contributed by atoms with van der Waals surface area (Å²) in [5.41, 5.74) is 1.46. The first-order valence-corrected chi connectivity index (χ1v) is 9.50. The lowest BCUT2D eigenvalue weighted by atomic mass is 10.2. The predicted octanol–water partition coefficient (Wildman–Crippen LogP) is 2.32. The normalized spacial score (nSPS) is 14.2. The number of hydrogen-bond donors (Lipinski definition) is 1. The maximum absolute atomic E-state index is 12.7. The average Bonchev–Trinajstić information content (AvgIpc) is 3.55. The zero-order chi connectivity index (χ0) is 20.1. The molecule has 3 rings (SSSR count). The minimum Gasteiger partial charge on any atom is -0.484 e. The summed E-state index contributed by atoms with van der Waals surface area (Å²) in [6, 6.07) is 8.98. The van der Waals surface area contributed by atoms with E-state index in [0.717, 1.165) is 24.2 Å². The molecule has 1 heterocycles. The van der Waals surface area contributed by atoms with Gasteiger partial charge < -0.3 is 15.0 Å². The second-order valence-electron chi connectivity index (χ2n) is 7.25. The molecule has 1 fully saturated rings. The number of benzene rings is 1. The molecule has 1 aromatic carbocycles. The van der Waals surface area contributed by atoms with E-state index in [2.05, 4.69) is 15.3 Å². The van der Waals surface area contributed by atoms with Crippen LogP contribution in [0.2, 0.25) is 0 Å². The summed E-state index contributed by atoms with van der Waals surface area (Å²) < 4.78 is 5.49. The average molecular weight is 382 g/mol. The molecular weight excluding hydrogens is 356 g/mol. The van der Waals surface area contributed by atoms with Crippen LogP contribution in [0.4, 0.5) is 0 Å². The van der Waals surface area contributed by atoms with Crippen molar-refractivity contribution in [2.75, 3.05) is 20.2 Å². The van der Waals surface area contributed by atoms with E-state index in [1.165, 1.54) is 0 Å². The maximum Gasteiger partial charge on any atom is 0.272 e. The van der Waals surface area contributed by atoms with Gasteiger partial charge >= 0.3 is 0 Å². The van der Waals surface area contributed by atoms with Crippen LogP contribution in [0.3, 0.4) is 0 Å². The smallest absolute Gasteiger partial charge is 0.272 e. The van der Waals surface area contributed by atoms with Crippen molar-refractivity contribution in [1.29, 1.82) is 0 Å². The number of nitrogens with one attached hydrogen (secondary N) is 1. The highest BCUT2D eigenvalue weighted by atomic mass is 16.5. The Labute approximate surface area is 165 Å². The van der Waals surface area contributed by atoms with Crippen LogP contribution in [0.1, 0.15) is 47.6 Å². The molecule has 0 aliphatic heterocycles. The lowest BCUT2D eigenvalue weighted by Crippen LogP contribution is -2.44. The van der Waals surface area contributed by atoms with E-state index in [0.29, 0.717) is 23.9 Å². The SMILES string of the molecule is Cc1cccc(OCC(=O)NCC(C)N(C)C(=O)c2ccnc(C3CC3)n2)c1. The van der Waals surface area contributed by atoms with Crippen molar-refractivity contribution in [3.63, 3.8) is 0 Å². The molecule has 0 saturated heterocycles. The minimum atomic E-state index is -0.229. The molecule has 1 unspecified atom stereocenters. The fraction of sp³-hybridized carbons (Fsp3) is 0.429. The molecule has 28 heavy (non-hydrogen) atoms. The van der Waals surface area contributed by atoms with Gasteiger partial charge in [-0.15, -0.1) is 0 Å². The van der Waals surface area contributed by atoms with Gasteiger partial charge in [0.25, 0.3) is 11.8 Å². The third-order valence-electron chi connectivity index (χ3n) is 4.77. The molecule has 0 radical (unpaired) electrons. The summed E-state index contributed by atoms with van der Waals surface area (Å²) in [4.78, 5) is 34.9. The molecule has 7 nitrogen and oxygen atoms in total. The van der Waals surface area contributed by atoms with Crippen LogP contribution < -0.4 is 10.1 Å². The number of likely N-dealkylation sites (N-methyl/N-ethyl adjacent to an activating group) is 1. The van der Waals surface area contributed by atoms with Gasteiger partial charge in [-0.3, -0.25) is 9.59 Å². The first-order chi connectivity index (χ1) is 13.4. The first-order valence-electron chi connectivity index (χ1n) is 9.50. The highest BCUT2D eigenvalue weighted by Gasteiger charge is 2.28. The van der Waals surface area contributed by atoms with Gasteiger partial charge in [-0.05, 0) is 50.5 Å². The van der Waals surface area contributed by atoms with Gasteiger partial charge in [0.15, 0.2) is 6.61 Å². The van der Waals surface area contributed by atoms with Gasteiger partial charge in [0.2, 0.25) is 0 Å². The van der Waals surface area contributed by atoms with Crippen LogP contribution in [-0.2, 0) is 4.79 Å². The third-order valence-corrected chi connectivity index (χ3v) is 4.77. The molecule has 1 aromatic heterocycles. The summed E-state index contributed by atoms with van der Waals surface area (Å²) in [6.45, 7) is 4.11. The van der Waals surface area contributed by atoms with Crippen LogP contribution >= 0.6 is 0 Å². The lowest BCUT2D eigenvalue weighted by Gasteiger charge is -2.25. The van der Waals surface area contributed by atoms with E-state index in [1.807, 2.05) is 38.1 Å². The van der Waals surface area contributed by atoms with Crippen LogP contribution in [0.5, 0.6) is 5.75 Å². The van der Waals surface area contributed by atoms with E-state index in [1.54, 1.807) is 24.2 Å². The number of carbonyl (C=O) groups is 2. The molecule has 0 bridgehead atoms. The third kappa shape index (κ3) is 5.28. The summed E-state index contributed by atoms with van der Waals surface area (Å²) >= 11 is 0. The van der Waals surface area contributed by atoms with E-state index in [4.69, 9.17) is 4.74 Å².